The quantitative estimate of drug-likeness (QED) is 0.765. The zero-order valence-electron chi connectivity index (χ0n) is 16.6. The molecule has 2 aromatic carbocycles. The summed E-state index contributed by atoms with van der Waals surface area (Å²) in [5.41, 5.74) is 2.30. The lowest BCUT2D eigenvalue weighted by molar-refractivity contribution is -0.162. The van der Waals surface area contributed by atoms with Crippen molar-refractivity contribution in [2.45, 2.75) is 38.0 Å². The second-order valence-corrected chi connectivity index (χ2v) is 7.87. The van der Waals surface area contributed by atoms with Gasteiger partial charge in [0.25, 0.3) is 0 Å². The summed E-state index contributed by atoms with van der Waals surface area (Å²) in [7, 11) is 0. The summed E-state index contributed by atoms with van der Waals surface area (Å²) in [6, 6.07) is 12.7. The molecule has 0 spiro atoms. The molecule has 7 heteroatoms. The number of ether oxygens (including phenoxy) is 1. The number of anilines is 1. The summed E-state index contributed by atoms with van der Waals surface area (Å²) in [6.07, 6.45) is 2.49. The van der Waals surface area contributed by atoms with E-state index in [1.54, 1.807) is 17.0 Å². The van der Waals surface area contributed by atoms with Gasteiger partial charge < -0.3 is 20.1 Å². The summed E-state index contributed by atoms with van der Waals surface area (Å²) in [5.74, 6) is -0.407. The Kier molecular flexibility index (Phi) is 6.11. The number of nitrogens with one attached hydrogen (secondary N) is 1. The summed E-state index contributed by atoms with van der Waals surface area (Å²) in [5, 5.41) is 12.9. The minimum atomic E-state index is -0.563. The standard InChI is InChI=1S/C23H25FN2O4/c24-18-8-4-15(5-9-18)12-26-20(13-27)22(30-14-21(26)28)16-6-10-19(11-7-16)25-23(29)17-2-1-3-17/h4-11,17,20,22,27H,1-3,12-14H2,(H,25,29)/t20-,22-/m1/s1. The number of halogens is 1. The second-order valence-electron chi connectivity index (χ2n) is 7.87. The molecular weight excluding hydrogens is 387 g/mol. The van der Waals surface area contributed by atoms with Crippen molar-refractivity contribution in [2.24, 2.45) is 5.92 Å². The van der Waals surface area contributed by atoms with E-state index in [1.165, 1.54) is 12.1 Å². The Bertz CT molecular complexity index is 896. The molecule has 0 aromatic heterocycles. The van der Waals surface area contributed by atoms with Crippen molar-refractivity contribution in [3.8, 4) is 0 Å². The SMILES string of the molecule is O=C(Nc1ccc([C@H]2OCC(=O)N(Cc3ccc(F)cc3)[C@@H]2CO)cc1)C1CCC1. The first kappa shape index (κ1) is 20.5. The van der Waals surface area contributed by atoms with Gasteiger partial charge >= 0.3 is 0 Å². The number of benzene rings is 2. The average Bonchev–Trinajstić information content (AvgIpc) is 2.70. The number of aliphatic hydroxyl groups excluding tert-OH is 1. The van der Waals surface area contributed by atoms with Crippen LogP contribution in [-0.4, -0.2) is 41.1 Å². The number of morpholine rings is 1. The van der Waals surface area contributed by atoms with Crippen LogP contribution in [0.3, 0.4) is 0 Å². The van der Waals surface area contributed by atoms with Crippen molar-refractivity contribution in [3.63, 3.8) is 0 Å². The molecule has 0 radical (unpaired) electrons. The molecule has 158 valence electrons. The molecule has 1 aliphatic heterocycles. The van der Waals surface area contributed by atoms with Crippen LogP contribution >= 0.6 is 0 Å². The first-order valence-electron chi connectivity index (χ1n) is 10.2. The topological polar surface area (TPSA) is 78.9 Å². The smallest absolute Gasteiger partial charge is 0.249 e. The van der Waals surface area contributed by atoms with Crippen molar-refractivity contribution in [1.82, 2.24) is 4.90 Å². The van der Waals surface area contributed by atoms with E-state index in [4.69, 9.17) is 4.74 Å². The fourth-order valence-corrected chi connectivity index (χ4v) is 3.88. The number of nitrogens with zero attached hydrogens (tertiary/aromatic N) is 1. The molecule has 2 N–H and O–H groups in total. The third-order valence-corrected chi connectivity index (χ3v) is 5.89. The Morgan fingerprint density at radius 3 is 2.43 bits per heavy atom. The summed E-state index contributed by atoms with van der Waals surface area (Å²) in [6.45, 7) is -0.0972. The van der Waals surface area contributed by atoms with Gasteiger partial charge in [-0.2, -0.15) is 0 Å². The predicted octanol–water partition coefficient (Wildman–Crippen LogP) is 3.03. The second kappa shape index (κ2) is 8.93. The molecule has 2 atom stereocenters. The minimum absolute atomic E-state index is 0.0484. The van der Waals surface area contributed by atoms with E-state index >= 15 is 0 Å². The van der Waals surface area contributed by atoms with Gasteiger partial charge in [0, 0.05) is 18.2 Å². The van der Waals surface area contributed by atoms with Crippen molar-refractivity contribution in [2.75, 3.05) is 18.5 Å². The highest BCUT2D eigenvalue weighted by atomic mass is 19.1. The fourth-order valence-electron chi connectivity index (χ4n) is 3.88. The minimum Gasteiger partial charge on any atom is -0.394 e. The Labute approximate surface area is 174 Å². The zero-order valence-corrected chi connectivity index (χ0v) is 16.6. The maximum absolute atomic E-state index is 13.2. The number of amides is 2. The molecule has 1 aliphatic carbocycles. The van der Waals surface area contributed by atoms with E-state index < -0.39 is 12.1 Å². The molecule has 2 amide bonds. The van der Waals surface area contributed by atoms with E-state index in [-0.39, 0.29) is 43.3 Å². The van der Waals surface area contributed by atoms with Crippen LogP contribution in [0.1, 0.15) is 36.5 Å². The highest BCUT2D eigenvalue weighted by Gasteiger charge is 2.37. The Morgan fingerprint density at radius 2 is 1.83 bits per heavy atom. The molecule has 2 aromatic rings. The van der Waals surface area contributed by atoms with Gasteiger partial charge in [0.1, 0.15) is 18.5 Å². The van der Waals surface area contributed by atoms with Gasteiger partial charge in [-0.3, -0.25) is 9.59 Å². The number of carbonyl (C=O) groups excluding carboxylic acids is 2. The van der Waals surface area contributed by atoms with E-state index in [0.717, 1.165) is 30.4 Å². The van der Waals surface area contributed by atoms with Crippen LogP contribution in [0.25, 0.3) is 0 Å². The Balaban J connectivity index is 1.47. The van der Waals surface area contributed by atoms with Crippen molar-refractivity contribution in [1.29, 1.82) is 0 Å². The third-order valence-electron chi connectivity index (χ3n) is 5.89. The summed E-state index contributed by atoms with van der Waals surface area (Å²) >= 11 is 0. The molecule has 1 heterocycles. The highest BCUT2D eigenvalue weighted by Crippen LogP contribution is 2.32. The largest absolute Gasteiger partial charge is 0.394 e. The van der Waals surface area contributed by atoms with Gasteiger partial charge in [0.15, 0.2) is 0 Å². The number of rotatable bonds is 6. The monoisotopic (exact) mass is 412 g/mol. The van der Waals surface area contributed by atoms with Gasteiger partial charge in [0.05, 0.1) is 12.6 Å². The maximum atomic E-state index is 13.2. The van der Waals surface area contributed by atoms with Crippen LogP contribution in [0.5, 0.6) is 0 Å². The van der Waals surface area contributed by atoms with E-state index in [1.807, 2.05) is 24.3 Å². The molecule has 30 heavy (non-hydrogen) atoms. The van der Waals surface area contributed by atoms with Crippen molar-refractivity contribution < 1.29 is 23.8 Å². The Morgan fingerprint density at radius 1 is 1.13 bits per heavy atom. The van der Waals surface area contributed by atoms with Crippen molar-refractivity contribution >= 4 is 17.5 Å². The number of aliphatic hydroxyl groups is 1. The molecule has 0 bridgehead atoms. The molecular formula is C23H25FN2O4. The summed E-state index contributed by atoms with van der Waals surface area (Å²) < 4.78 is 18.9. The zero-order chi connectivity index (χ0) is 21.1. The fraction of sp³-hybridized carbons (Fsp3) is 0.391. The number of hydrogen-bond donors (Lipinski definition) is 2. The molecule has 4 rings (SSSR count). The van der Waals surface area contributed by atoms with Crippen LogP contribution < -0.4 is 5.32 Å². The van der Waals surface area contributed by atoms with Gasteiger partial charge in [-0.1, -0.05) is 30.7 Å². The van der Waals surface area contributed by atoms with Crippen LogP contribution in [0.4, 0.5) is 10.1 Å². The lowest BCUT2D eigenvalue weighted by Crippen LogP contribution is -2.52. The van der Waals surface area contributed by atoms with Gasteiger partial charge in [-0.25, -0.2) is 4.39 Å². The highest BCUT2D eigenvalue weighted by molar-refractivity contribution is 5.93. The van der Waals surface area contributed by atoms with E-state index in [0.29, 0.717) is 5.69 Å². The first-order valence-corrected chi connectivity index (χ1v) is 10.2. The molecule has 2 aliphatic rings. The third kappa shape index (κ3) is 4.37. The van der Waals surface area contributed by atoms with Crippen LogP contribution in [0.15, 0.2) is 48.5 Å². The van der Waals surface area contributed by atoms with Gasteiger partial charge in [0.2, 0.25) is 11.8 Å². The molecule has 6 nitrogen and oxygen atoms in total. The van der Waals surface area contributed by atoms with Crippen LogP contribution in [-0.2, 0) is 20.9 Å². The maximum Gasteiger partial charge on any atom is 0.249 e. The first-order chi connectivity index (χ1) is 14.5. The number of carbonyl (C=O) groups is 2. The van der Waals surface area contributed by atoms with E-state index in [9.17, 15) is 19.1 Å². The van der Waals surface area contributed by atoms with Crippen molar-refractivity contribution in [3.05, 3.63) is 65.5 Å². The molecule has 2 fully saturated rings. The average molecular weight is 412 g/mol. The summed E-state index contributed by atoms with van der Waals surface area (Å²) in [4.78, 5) is 26.1. The van der Waals surface area contributed by atoms with Crippen LogP contribution in [0, 0.1) is 11.7 Å². The molecule has 1 saturated heterocycles. The molecule has 1 saturated carbocycles. The molecule has 0 unspecified atom stereocenters. The van der Waals surface area contributed by atoms with Crippen LogP contribution in [0.2, 0.25) is 0 Å². The van der Waals surface area contributed by atoms with E-state index in [2.05, 4.69) is 5.32 Å². The number of hydrogen-bond acceptors (Lipinski definition) is 4. The predicted molar refractivity (Wildman–Crippen MR) is 109 cm³/mol. The van der Waals surface area contributed by atoms with Gasteiger partial charge in [-0.05, 0) is 48.2 Å². The van der Waals surface area contributed by atoms with Gasteiger partial charge in [-0.15, -0.1) is 0 Å². The Hall–Kier alpha value is -2.77. The normalized spacial score (nSPS) is 21.9. The lowest BCUT2D eigenvalue weighted by atomic mass is 9.85. The lowest BCUT2D eigenvalue weighted by Gasteiger charge is -2.40.